The molecule has 0 saturated carbocycles. The van der Waals surface area contributed by atoms with E-state index in [2.05, 4.69) is 25.3 Å². The first kappa shape index (κ1) is 8.38. The van der Waals surface area contributed by atoms with Crippen LogP contribution in [0.5, 0.6) is 5.75 Å². The summed E-state index contributed by atoms with van der Waals surface area (Å²) in [5.41, 5.74) is 4.62. The highest BCUT2D eigenvalue weighted by Crippen LogP contribution is 2.39. The molecule has 13 heavy (non-hydrogen) atoms. The second kappa shape index (κ2) is 2.64. The topological polar surface area (TPSA) is 47.3 Å². The van der Waals surface area contributed by atoms with Crippen molar-refractivity contribution in [1.29, 1.82) is 0 Å². The highest BCUT2D eigenvalue weighted by molar-refractivity contribution is 5.61. The number of rotatable bonds is 1. The van der Waals surface area contributed by atoms with Gasteiger partial charge in [0.25, 0.3) is 0 Å². The third-order valence-electron chi connectivity index (χ3n) is 2.25. The lowest BCUT2D eigenvalue weighted by Crippen LogP contribution is -2.25. The van der Waals surface area contributed by atoms with Crippen LogP contribution >= 0.6 is 0 Å². The van der Waals surface area contributed by atoms with Gasteiger partial charge in [0.15, 0.2) is 0 Å². The molecule has 0 fully saturated rings. The van der Waals surface area contributed by atoms with Gasteiger partial charge in [0, 0.05) is 12.0 Å². The van der Waals surface area contributed by atoms with Gasteiger partial charge in [-0.25, -0.2) is 0 Å². The van der Waals surface area contributed by atoms with E-state index in [0.717, 1.165) is 17.9 Å². The Morgan fingerprint density at radius 2 is 2.23 bits per heavy atom. The van der Waals surface area contributed by atoms with Gasteiger partial charge < -0.3 is 10.2 Å². The van der Waals surface area contributed by atoms with Gasteiger partial charge >= 0.3 is 0 Å². The number of nitrogens with one attached hydrogen (secondary N) is 1. The molecule has 1 heterocycles. The third kappa shape index (κ3) is 1.35. The quantitative estimate of drug-likeness (QED) is 0.508. The van der Waals surface area contributed by atoms with Crippen LogP contribution in [-0.4, -0.2) is 5.60 Å². The van der Waals surface area contributed by atoms with E-state index < -0.39 is 0 Å². The number of fused-ring (bicyclic) bond motifs is 1. The second-order valence-corrected chi connectivity index (χ2v) is 3.98. The first-order chi connectivity index (χ1) is 6.12. The Morgan fingerprint density at radius 3 is 2.92 bits per heavy atom. The van der Waals surface area contributed by atoms with Crippen LogP contribution in [0.15, 0.2) is 18.2 Å². The Kier molecular flexibility index (Phi) is 1.70. The van der Waals surface area contributed by atoms with Gasteiger partial charge in [-0.2, -0.15) is 0 Å². The molecular formula is C10H14N2O. The Morgan fingerprint density at radius 1 is 1.46 bits per heavy atom. The van der Waals surface area contributed by atoms with Crippen LogP contribution in [0.4, 0.5) is 5.69 Å². The zero-order valence-corrected chi connectivity index (χ0v) is 7.92. The molecule has 1 aromatic rings. The van der Waals surface area contributed by atoms with Gasteiger partial charge in [0.2, 0.25) is 0 Å². The van der Waals surface area contributed by atoms with E-state index in [1.165, 1.54) is 5.56 Å². The zero-order chi connectivity index (χ0) is 9.47. The van der Waals surface area contributed by atoms with Crippen molar-refractivity contribution in [3.63, 3.8) is 0 Å². The zero-order valence-electron chi connectivity index (χ0n) is 7.92. The minimum absolute atomic E-state index is 0.102. The van der Waals surface area contributed by atoms with Gasteiger partial charge in [-0.1, -0.05) is 12.1 Å². The van der Waals surface area contributed by atoms with Crippen LogP contribution in [0.1, 0.15) is 19.4 Å². The molecule has 0 radical (unpaired) electrons. The molecule has 0 bridgehead atoms. The van der Waals surface area contributed by atoms with E-state index >= 15 is 0 Å². The predicted octanol–water partition coefficient (Wildman–Crippen LogP) is 1.69. The number of anilines is 1. The summed E-state index contributed by atoms with van der Waals surface area (Å²) >= 11 is 0. The number of hydrogen-bond acceptors (Lipinski definition) is 3. The summed E-state index contributed by atoms with van der Waals surface area (Å²) < 4.78 is 5.77. The average molecular weight is 178 g/mol. The number of ether oxygens (including phenoxy) is 1. The highest BCUT2D eigenvalue weighted by Gasteiger charge is 2.31. The molecule has 0 spiro atoms. The van der Waals surface area contributed by atoms with Crippen LogP contribution in [0.2, 0.25) is 0 Å². The summed E-state index contributed by atoms with van der Waals surface area (Å²) in [5, 5.41) is 0. The number of nitrogen functional groups attached to an aromatic ring is 1. The first-order valence-corrected chi connectivity index (χ1v) is 4.40. The van der Waals surface area contributed by atoms with Crippen LogP contribution in [0.25, 0.3) is 0 Å². The number of hydrazine groups is 1. The molecule has 2 rings (SSSR count). The van der Waals surface area contributed by atoms with Crippen molar-refractivity contribution < 1.29 is 4.74 Å². The first-order valence-electron chi connectivity index (χ1n) is 4.40. The van der Waals surface area contributed by atoms with Crippen LogP contribution in [0.3, 0.4) is 0 Å². The van der Waals surface area contributed by atoms with Crippen LogP contribution < -0.4 is 16.0 Å². The molecule has 0 aromatic heterocycles. The monoisotopic (exact) mass is 178 g/mol. The second-order valence-electron chi connectivity index (χ2n) is 3.98. The fraction of sp³-hybridized carbons (Fsp3) is 0.400. The Labute approximate surface area is 77.9 Å². The molecular weight excluding hydrogens is 164 g/mol. The lowest BCUT2D eigenvalue weighted by Gasteiger charge is -2.17. The molecule has 0 aliphatic carbocycles. The van der Waals surface area contributed by atoms with Crippen molar-refractivity contribution in [1.82, 2.24) is 0 Å². The molecule has 1 aliphatic heterocycles. The van der Waals surface area contributed by atoms with Crippen LogP contribution in [-0.2, 0) is 6.42 Å². The number of hydrogen-bond donors (Lipinski definition) is 2. The molecule has 3 N–H and O–H groups in total. The van der Waals surface area contributed by atoms with Crippen molar-refractivity contribution in [2.24, 2.45) is 5.84 Å². The SMILES string of the molecule is CC1(C)Cc2cccc(NN)c2O1. The van der Waals surface area contributed by atoms with E-state index in [-0.39, 0.29) is 5.60 Å². The Balaban J connectivity index is 2.45. The highest BCUT2D eigenvalue weighted by atomic mass is 16.5. The maximum atomic E-state index is 5.77. The number of nitrogens with two attached hydrogens (primary N) is 1. The van der Waals surface area contributed by atoms with Gasteiger partial charge in [0.1, 0.15) is 11.4 Å². The minimum atomic E-state index is -0.102. The van der Waals surface area contributed by atoms with E-state index in [0.29, 0.717) is 0 Å². The standard InChI is InChI=1S/C10H14N2O/c1-10(2)6-7-4-3-5-8(12-11)9(7)13-10/h3-5,12H,6,11H2,1-2H3. The molecule has 3 nitrogen and oxygen atoms in total. The summed E-state index contributed by atoms with van der Waals surface area (Å²) in [6, 6.07) is 5.98. The van der Waals surface area contributed by atoms with E-state index in [4.69, 9.17) is 10.6 Å². The average Bonchev–Trinajstić information content (AvgIpc) is 2.37. The molecule has 1 aromatic carbocycles. The van der Waals surface area contributed by atoms with Crippen molar-refractivity contribution in [3.8, 4) is 5.75 Å². The normalized spacial score (nSPS) is 17.8. The number of para-hydroxylation sites is 1. The summed E-state index contributed by atoms with van der Waals surface area (Å²) in [5.74, 6) is 6.28. The summed E-state index contributed by atoms with van der Waals surface area (Å²) in [6.45, 7) is 4.15. The molecule has 0 unspecified atom stereocenters. The van der Waals surface area contributed by atoms with Crippen LogP contribution in [0, 0.1) is 0 Å². The lowest BCUT2D eigenvalue weighted by atomic mass is 10.0. The fourth-order valence-electron chi connectivity index (χ4n) is 1.73. The largest absolute Gasteiger partial charge is 0.485 e. The minimum Gasteiger partial charge on any atom is -0.485 e. The lowest BCUT2D eigenvalue weighted by molar-refractivity contribution is 0.139. The summed E-state index contributed by atoms with van der Waals surface area (Å²) in [7, 11) is 0. The molecule has 70 valence electrons. The van der Waals surface area contributed by atoms with Gasteiger partial charge in [0.05, 0.1) is 5.69 Å². The molecule has 3 heteroatoms. The van der Waals surface area contributed by atoms with Crippen molar-refractivity contribution in [2.45, 2.75) is 25.9 Å². The van der Waals surface area contributed by atoms with E-state index in [1.807, 2.05) is 12.1 Å². The molecule has 0 atom stereocenters. The van der Waals surface area contributed by atoms with Crippen molar-refractivity contribution >= 4 is 5.69 Å². The maximum absolute atomic E-state index is 5.77. The predicted molar refractivity (Wildman–Crippen MR) is 52.7 cm³/mol. The molecule has 0 amide bonds. The Bertz CT molecular complexity index is 334. The van der Waals surface area contributed by atoms with Gasteiger partial charge in [-0.15, -0.1) is 0 Å². The van der Waals surface area contributed by atoms with Gasteiger partial charge in [-0.05, 0) is 19.9 Å². The number of benzene rings is 1. The fourth-order valence-corrected chi connectivity index (χ4v) is 1.73. The summed E-state index contributed by atoms with van der Waals surface area (Å²) in [4.78, 5) is 0. The Hall–Kier alpha value is -1.22. The third-order valence-corrected chi connectivity index (χ3v) is 2.25. The van der Waals surface area contributed by atoms with E-state index in [1.54, 1.807) is 0 Å². The smallest absolute Gasteiger partial charge is 0.147 e. The van der Waals surface area contributed by atoms with E-state index in [9.17, 15) is 0 Å². The molecule has 1 aliphatic rings. The summed E-state index contributed by atoms with van der Waals surface area (Å²) in [6.07, 6.45) is 0.942. The van der Waals surface area contributed by atoms with Crippen molar-refractivity contribution in [2.75, 3.05) is 5.43 Å². The van der Waals surface area contributed by atoms with Gasteiger partial charge in [-0.3, -0.25) is 5.84 Å². The molecule has 0 saturated heterocycles. The maximum Gasteiger partial charge on any atom is 0.147 e. The van der Waals surface area contributed by atoms with Crippen molar-refractivity contribution in [3.05, 3.63) is 23.8 Å².